The van der Waals surface area contributed by atoms with Gasteiger partial charge in [-0.2, -0.15) is 5.10 Å². The highest BCUT2D eigenvalue weighted by Gasteiger charge is 2.33. The zero-order valence-corrected chi connectivity index (χ0v) is 29.2. The smallest absolute Gasteiger partial charge is 0.306 e. The van der Waals surface area contributed by atoms with Crippen LogP contribution in [0, 0.1) is 18.8 Å². The van der Waals surface area contributed by atoms with Gasteiger partial charge in [-0.25, -0.2) is 0 Å². The molecule has 0 spiro atoms. The minimum Gasteiger partial charge on any atom is -0.496 e. The Balaban J connectivity index is 1.28. The predicted molar refractivity (Wildman–Crippen MR) is 188 cm³/mol. The number of carbonyl (C=O) groups is 3. The van der Waals surface area contributed by atoms with Crippen LogP contribution in [-0.2, 0) is 19.1 Å². The topological polar surface area (TPSA) is 103 Å². The van der Waals surface area contributed by atoms with Gasteiger partial charge in [0.05, 0.1) is 26.8 Å². The number of carbonyl (C=O) groups excluding carboxylic acids is 3. The van der Waals surface area contributed by atoms with Crippen LogP contribution < -0.4 is 15.0 Å². The second-order valence-electron chi connectivity index (χ2n) is 13.9. The Morgan fingerprint density at radius 1 is 0.938 bits per heavy atom. The SMILES string of the molecule is COC(=O)CCC(=O)NC1CCC(C(=O)N(CC2CCC(c3ccc(OC)c(C)c3)CC2)c2cccc(-c3cnn(C(C)C)c3)c2)CC1. The zero-order valence-electron chi connectivity index (χ0n) is 29.2. The fourth-order valence-corrected chi connectivity index (χ4v) is 7.36. The van der Waals surface area contributed by atoms with Crippen molar-refractivity contribution in [3.8, 4) is 16.9 Å². The molecule has 2 aliphatic carbocycles. The Labute approximate surface area is 285 Å². The first kappa shape index (κ1) is 35.2. The van der Waals surface area contributed by atoms with E-state index in [2.05, 4.69) is 83.4 Å². The lowest BCUT2D eigenvalue weighted by Crippen LogP contribution is -2.44. The Bertz CT molecular complexity index is 1550. The maximum absolute atomic E-state index is 14.4. The molecule has 2 amide bonds. The minimum atomic E-state index is -0.387. The van der Waals surface area contributed by atoms with E-state index in [-0.39, 0.29) is 48.6 Å². The van der Waals surface area contributed by atoms with Crippen LogP contribution in [0.1, 0.15) is 101 Å². The lowest BCUT2D eigenvalue weighted by atomic mass is 9.78. The highest BCUT2D eigenvalue weighted by Crippen LogP contribution is 2.39. The molecule has 2 aliphatic rings. The summed E-state index contributed by atoms with van der Waals surface area (Å²) in [6, 6.07) is 15.2. The van der Waals surface area contributed by atoms with E-state index in [0.29, 0.717) is 18.4 Å². The second kappa shape index (κ2) is 16.3. The highest BCUT2D eigenvalue weighted by atomic mass is 16.5. The van der Waals surface area contributed by atoms with Crippen LogP contribution in [0.5, 0.6) is 5.75 Å². The number of amides is 2. The third kappa shape index (κ3) is 8.85. The van der Waals surface area contributed by atoms with Crippen molar-refractivity contribution in [1.82, 2.24) is 15.1 Å². The molecule has 3 aromatic rings. The Morgan fingerprint density at radius 2 is 1.69 bits per heavy atom. The fraction of sp³-hybridized carbons (Fsp3) is 0.538. The highest BCUT2D eigenvalue weighted by molar-refractivity contribution is 5.95. The summed E-state index contributed by atoms with van der Waals surface area (Å²) in [5.41, 5.74) is 5.57. The van der Waals surface area contributed by atoms with E-state index in [1.165, 1.54) is 18.2 Å². The number of aryl methyl sites for hydroxylation is 1. The van der Waals surface area contributed by atoms with Gasteiger partial charge in [-0.1, -0.05) is 24.3 Å². The van der Waals surface area contributed by atoms with Crippen LogP contribution in [0.15, 0.2) is 54.9 Å². The van der Waals surface area contributed by atoms with E-state index < -0.39 is 0 Å². The molecular formula is C39H52N4O5. The molecule has 0 aliphatic heterocycles. The van der Waals surface area contributed by atoms with E-state index in [1.54, 1.807) is 7.11 Å². The summed E-state index contributed by atoms with van der Waals surface area (Å²) < 4.78 is 12.1. The van der Waals surface area contributed by atoms with Gasteiger partial charge in [-0.05, 0) is 119 Å². The van der Waals surface area contributed by atoms with Crippen molar-refractivity contribution >= 4 is 23.5 Å². The molecule has 2 fully saturated rings. The molecule has 0 unspecified atom stereocenters. The Kier molecular flexibility index (Phi) is 12.0. The number of nitrogens with one attached hydrogen (secondary N) is 1. The summed E-state index contributed by atoms with van der Waals surface area (Å²) in [6.45, 7) is 7.03. The largest absolute Gasteiger partial charge is 0.496 e. The molecule has 9 heteroatoms. The molecule has 48 heavy (non-hydrogen) atoms. The number of hydrogen-bond donors (Lipinski definition) is 1. The first-order valence-electron chi connectivity index (χ1n) is 17.6. The van der Waals surface area contributed by atoms with E-state index in [9.17, 15) is 14.4 Å². The van der Waals surface area contributed by atoms with Crippen molar-refractivity contribution < 1.29 is 23.9 Å². The van der Waals surface area contributed by atoms with Gasteiger partial charge in [-0.3, -0.25) is 19.1 Å². The third-order valence-electron chi connectivity index (χ3n) is 10.3. The Morgan fingerprint density at radius 3 is 2.33 bits per heavy atom. The monoisotopic (exact) mass is 656 g/mol. The Hall–Kier alpha value is -4.14. The molecule has 1 aromatic heterocycles. The normalized spacial score (nSPS) is 21.0. The summed E-state index contributed by atoms with van der Waals surface area (Å²) in [7, 11) is 3.04. The molecule has 2 aromatic carbocycles. The average molecular weight is 657 g/mol. The number of rotatable bonds is 12. The number of esters is 1. The summed E-state index contributed by atoms with van der Waals surface area (Å²) in [4.78, 5) is 40.3. The quantitative estimate of drug-likeness (QED) is 0.204. The number of anilines is 1. The number of ether oxygens (including phenoxy) is 2. The van der Waals surface area contributed by atoms with Gasteiger partial charge < -0.3 is 19.7 Å². The van der Waals surface area contributed by atoms with Crippen LogP contribution >= 0.6 is 0 Å². The number of hydrogen-bond acceptors (Lipinski definition) is 6. The molecule has 0 bridgehead atoms. The van der Waals surface area contributed by atoms with Crippen molar-refractivity contribution in [2.75, 3.05) is 25.7 Å². The van der Waals surface area contributed by atoms with Crippen LogP contribution in [0.3, 0.4) is 0 Å². The lowest BCUT2D eigenvalue weighted by Gasteiger charge is -2.36. The molecule has 0 saturated heterocycles. The van der Waals surface area contributed by atoms with E-state index in [4.69, 9.17) is 4.74 Å². The number of aromatic nitrogens is 2. The van der Waals surface area contributed by atoms with Gasteiger partial charge in [0.1, 0.15) is 5.75 Å². The van der Waals surface area contributed by atoms with Gasteiger partial charge in [0.2, 0.25) is 11.8 Å². The average Bonchev–Trinajstić information content (AvgIpc) is 3.61. The lowest BCUT2D eigenvalue weighted by molar-refractivity contribution is -0.142. The molecule has 0 radical (unpaired) electrons. The van der Waals surface area contributed by atoms with Crippen LogP contribution in [-0.4, -0.2) is 54.4 Å². The van der Waals surface area contributed by atoms with E-state index in [0.717, 1.165) is 73.9 Å². The van der Waals surface area contributed by atoms with Gasteiger partial charge in [0.15, 0.2) is 0 Å². The van der Waals surface area contributed by atoms with Crippen molar-refractivity contribution in [2.24, 2.45) is 11.8 Å². The molecular weight excluding hydrogens is 604 g/mol. The van der Waals surface area contributed by atoms with Crippen molar-refractivity contribution in [2.45, 2.75) is 103 Å². The van der Waals surface area contributed by atoms with Crippen LogP contribution in [0.25, 0.3) is 11.1 Å². The zero-order chi connectivity index (χ0) is 34.2. The van der Waals surface area contributed by atoms with Crippen molar-refractivity contribution in [3.05, 3.63) is 66.0 Å². The van der Waals surface area contributed by atoms with E-state index >= 15 is 0 Å². The molecule has 5 rings (SSSR count). The predicted octanol–water partition coefficient (Wildman–Crippen LogP) is 7.38. The molecule has 258 valence electrons. The standard InChI is InChI=1S/C39H52N4O5/c1-26(2)43-25-33(23-40-43)31-7-6-8-35(22-31)42(24-28-9-11-29(12-10-28)32-15-18-36(47-4)27(3)21-32)39(46)30-13-16-34(17-14-30)41-37(44)19-20-38(45)48-5/h6-8,15,18,21-23,25-26,28-30,34H,9-14,16-17,19-20,24H2,1-5H3,(H,41,44). The summed E-state index contributed by atoms with van der Waals surface area (Å²) in [5.74, 6) is 1.41. The summed E-state index contributed by atoms with van der Waals surface area (Å²) in [6.07, 6.45) is 11.5. The van der Waals surface area contributed by atoms with Gasteiger partial charge in [0.25, 0.3) is 0 Å². The second-order valence-corrected chi connectivity index (χ2v) is 13.9. The van der Waals surface area contributed by atoms with Crippen molar-refractivity contribution in [3.63, 3.8) is 0 Å². The summed E-state index contributed by atoms with van der Waals surface area (Å²) >= 11 is 0. The molecule has 1 N–H and O–H groups in total. The van der Waals surface area contributed by atoms with Crippen molar-refractivity contribution in [1.29, 1.82) is 0 Å². The minimum absolute atomic E-state index is 0.0188. The number of methoxy groups -OCH3 is 2. The van der Waals surface area contributed by atoms with Gasteiger partial charge >= 0.3 is 5.97 Å². The van der Waals surface area contributed by atoms with Gasteiger partial charge in [-0.15, -0.1) is 0 Å². The maximum atomic E-state index is 14.4. The van der Waals surface area contributed by atoms with Gasteiger partial charge in [0, 0.05) is 48.4 Å². The summed E-state index contributed by atoms with van der Waals surface area (Å²) in [5, 5.41) is 7.60. The molecule has 1 heterocycles. The van der Waals surface area contributed by atoms with E-state index in [1.807, 2.05) is 16.9 Å². The first-order valence-corrected chi connectivity index (χ1v) is 17.6. The third-order valence-corrected chi connectivity index (χ3v) is 10.3. The number of nitrogens with zero attached hydrogens (tertiary/aromatic N) is 3. The van der Waals surface area contributed by atoms with Crippen LogP contribution in [0.4, 0.5) is 5.69 Å². The number of benzene rings is 2. The molecule has 9 nitrogen and oxygen atoms in total. The van der Waals surface area contributed by atoms with Crippen LogP contribution in [0.2, 0.25) is 0 Å². The molecule has 0 atom stereocenters. The fourth-order valence-electron chi connectivity index (χ4n) is 7.36. The first-order chi connectivity index (χ1) is 23.1. The maximum Gasteiger partial charge on any atom is 0.306 e. The molecule has 2 saturated carbocycles.